The molecule has 0 spiro atoms. The standard InChI is InChI=1S/C23H19FN4O2S/c1-15-13-21(28(27-15)19-10-8-18(24)9-11-19)26-22(29)17-6-4-16(5-7-17)14-25-23(30)20-3-2-12-31-20/h2-13H,14H2,1H3,(H,25,30)(H,26,29). The monoisotopic (exact) mass is 434 g/mol. The van der Waals surface area contributed by atoms with Crippen LogP contribution in [0.4, 0.5) is 10.2 Å². The van der Waals surface area contributed by atoms with Gasteiger partial charge in [0.05, 0.1) is 16.3 Å². The second kappa shape index (κ2) is 8.93. The van der Waals surface area contributed by atoms with Crippen LogP contribution in [0.3, 0.4) is 0 Å². The second-order valence-corrected chi connectivity index (χ2v) is 7.82. The SMILES string of the molecule is Cc1cc(NC(=O)c2ccc(CNC(=O)c3cccs3)cc2)n(-c2ccc(F)cc2)n1. The predicted octanol–water partition coefficient (Wildman–Crippen LogP) is 4.56. The van der Waals surface area contributed by atoms with Crippen molar-refractivity contribution in [1.29, 1.82) is 0 Å². The number of carbonyl (C=O) groups is 2. The largest absolute Gasteiger partial charge is 0.347 e. The van der Waals surface area contributed by atoms with E-state index in [0.717, 1.165) is 11.3 Å². The molecule has 2 aromatic heterocycles. The number of anilines is 1. The Morgan fingerprint density at radius 3 is 2.45 bits per heavy atom. The molecular weight excluding hydrogens is 415 g/mol. The molecule has 2 N–H and O–H groups in total. The van der Waals surface area contributed by atoms with Crippen LogP contribution in [0, 0.1) is 12.7 Å². The molecule has 4 rings (SSSR count). The molecule has 0 bridgehead atoms. The van der Waals surface area contributed by atoms with E-state index in [9.17, 15) is 14.0 Å². The zero-order valence-electron chi connectivity index (χ0n) is 16.6. The highest BCUT2D eigenvalue weighted by molar-refractivity contribution is 7.12. The van der Waals surface area contributed by atoms with E-state index in [2.05, 4.69) is 15.7 Å². The van der Waals surface area contributed by atoms with E-state index in [-0.39, 0.29) is 17.6 Å². The Morgan fingerprint density at radius 1 is 1.03 bits per heavy atom. The summed E-state index contributed by atoms with van der Waals surface area (Å²) in [5, 5.41) is 11.9. The van der Waals surface area contributed by atoms with Gasteiger partial charge in [0.2, 0.25) is 0 Å². The number of aromatic nitrogens is 2. The second-order valence-electron chi connectivity index (χ2n) is 6.87. The van der Waals surface area contributed by atoms with E-state index >= 15 is 0 Å². The van der Waals surface area contributed by atoms with Crippen LogP contribution >= 0.6 is 11.3 Å². The Kier molecular flexibility index (Phi) is 5.90. The number of aryl methyl sites for hydroxylation is 1. The van der Waals surface area contributed by atoms with Gasteiger partial charge in [-0.05, 0) is 60.3 Å². The van der Waals surface area contributed by atoms with Gasteiger partial charge in [-0.15, -0.1) is 11.3 Å². The van der Waals surface area contributed by atoms with E-state index in [1.807, 2.05) is 18.4 Å². The fourth-order valence-electron chi connectivity index (χ4n) is 3.01. The van der Waals surface area contributed by atoms with E-state index in [1.165, 1.54) is 23.5 Å². The summed E-state index contributed by atoms with van der Waals surface area (Å²) < 4.78 is 14.8. The van der Waals surface area contributed by atoms with Crippen LogP contribution in [0.5, 0.6) is 0 Å². The lowest BCUT2D eigenvalue weighted by molar-refractivity contribution is 0.0953. The van der Waals surface area contributed by atoms with Crippen molar-refractivity contribution in [3.8, 4) is 5.69 Å². The van der Waals surface area contributed by atoms with Crippen LogP contribution in [-0.2, 0) is 6.54 Å². The molecule has 6 nitrogen and oxygen atoms in total. The van der Waals surface area contributed by atoms with Gasteiger partial charge in [-0.1, -0.05) is 18.2 Å². The summed E-state index contributed by atoms with van der Waals surface area (Å²) in [6.07, 6.45) is 0. The van der Waals surface area contributed by atoms with Crippen molar-refractivity contribution in [2.24, 2.45) is 0 Å². The minimum Gasteiger partial charge on any atom is -0.347 e. The first kappa shape index (κ1) is 20.5. The zero-order chi connectivity index (χ0) is 21.8. The number of rotatable bonds is 6. The van der Waals surface area contributed by atoms with E-state index in [0.29, 0.717) is 28.5 Å². The fraction of sp³-hybridized carbons (Fsp3) is 0.0870. The molecule has 0 aliphatic carbocycles. The van der Waals surface area contributed by atoms with Gasteiger partial charge in [-0.3, -0.25) is 9.59 Å². The first-order valence-corrected chi connectivity index (χ1v) is 10.4. The molecule has 0 atom stereocenters. The van der Waals surface area contributed by atoms with Gasteiger partial charge >= 0.3 is 0 Å². The number of thiophene rings is 1. The molecule has 31 heavy (non-hydrogen) atoms. The lowest BCUT2D eigenvalue weighted by atomic mass is 10.1. The van der Waals surface area contributed by atoms with Crippen molar-refractivity contribution in [3.05, 3.63) is 99.6 Å². The molecule has 2 amide bonds. The molecule has 2 heterocycles. The summed E-state index contributed by atoms with van der Waals surface area (Å²) in [4.78, 5) is 25.4. The van der Waals surface area contributed by atoms with Crippen molar-refractivity contribution >= 4 is 29.0 Å². The van der Waals surface area contributed by atoms with Crippen molar-refractivity contribution in [1.82, 2.24) is 15.1 Å². The number of halogens is 1. The molecule has 0 aliphatic heterocycles. The van der Waals surface area contributed by atoms with Crippen LogP contribution in [0.15, 0.2) is 72.1 Å². The number of carbonyl (C=O) groups excluding carboxylic acids is 2. The van der Waals surface area contributed by atoms with Gasteiger partial charge in [-0.25, -0.2) is 9.07 Å². The van der Waals surface area contributed by atoms with Gasteiger partial charge < -0.3 is 10.6 Å². The number of benzene rings is 2. The first-order valence-electron chi connectivity index (χ1n) is 9.54. The molecule has 0 radical (unpaired) electrons. The zero-order valence-corrected chi connectivity index (χ0v) is 17.4. The quantitative estimate of drug-likeness (QED) is 0.467. The number of hydrogen-bond donors (Lipinski definition) is 2. The average molecular weight is 434 g/mol. The van der Waals surface area contributed by atoms with Crippen molar-refractivity contribution in [2.75, 3.05) is 5.32 Å². The van der Waals surface area contributed by atoms with E-state index in [1.54, 1.807) is 53.2 Å². The smallest absolute Gasteiger partial charge is 0.261 e. The molecule has 156 valence electrons. The first-order chi connectivity index (χ1) is 15.0. The predicted molar refractivity (Wildman–Crippen MR) is 118 cm³/mol. The molecule has 0 saturated carbocycles. The van der Waals surface area contributed by atoms with Gasteiger partial charge in [0, 0.05) is 18.2 Å². The molecule has 0 aliphatic rings. The maximum atomic E-state index is 13.2. The number of hydrogen-bond acceptors (Lipinski definition) is 4. The maximum absolute atomic E-state index is 13.2. The number of nitrogens with one attached hydrogen (secondary N) is 2. The van der Waals surface area contributed by atoms with Gasteiger partial charge in [-0.2, -0.15) is 5.10 Å². The summed E-state index contributed by atoms with van der Waals surface area (Å²) in [5.41, 5.74) is 2.71. The van der Waals surface area contributed by atoms with Crippen LogP contribution < -0.4 is 10.6 Å². The van der Waals surface area contributed by atoms with Crippen LogP contribution in [0.1, 0.15) is 31.3 Å². The average Bonchev–Trinajstić information content (AvgIpc) is 3.43. The summed E-state index contributed by atoms with van der Waals surface area (Å²) in [6, 6.07) is 18.2. The number of nitrogens with zero attached hydrogens (tertiary/aromatic N) is 2. The Bertz CT molecular complexity index is 1200. The minimum absolute atomic E-state index is 0.124. The molecular formula is C23H19FN4O2S. The molecule has 2 aromatic carbocycles. The maximum Gasteiger partial charge on any atom is 0.261 e. The fourth-order valence-corrected chi connectivity index (χ4v) is 3.65. The van der Waals surface area contributed by atoms with Gasteiger partial charge in [0.25, 0.3) is 11.8 Å². The van der Waals surface area contributed by atoms with Crippen LogP contribution in [0.25, 0.3) is 5.69 Å². The van der Waals surface area contributed by atoms with Crippen molar-refractivity contribution < 1.29 is 14.0 Å². The molecule has 0 fully saturated rings. The minimum atomic E-state index is -0.343. The van der Waals surface area contributed by atoms with Crippen molar-refractivity contribution in [3.63, 3.8) is 0 Å². The normalized spacial score (nSPS) is 10.6. The highest BCUT2D eigenvalue weighted by Crippen LogP contribution is 2.19. The number of amides is 2. The van der Waals surface area contributed by atoms with Crippen LogP contribution in [0.2, 0.25) is 0 Å². The highest BCUT2D eigenvalue weighted by Gasteiger charge is 2.13. The third-order valence-electron chi connectivity index (χ3n) is 4.56. The summed E-state index contributed by atoms with van der Waals surface area (Å²) in [5.74, 6) is -0.273. The third-order valence-corrected chi connectivity index (χ3v) is 5.43. The third kappa shape index (κ3) is 4.87. The van der Waals surface area contributed by atoms with Crippen LogP contribution in [-0.4, -0.2) is 21.6 Å². The lowest BCUT2D eigenvalue weighted by Crippen LogP contribution is -2.21. The Labute approximate surface area is 182 Å². The van der Waals surface area contributed by atoms with Gasteiger partial charge in [0.15, 0.2) is 0 Å². The van der Waals surface area contributed by atoms with Gasteiger partial charge in [0.1, 0.15) is 11.6 Å². The lowest BCUT2D eigenvalue weighted by Gasteiger charge is -2.10. The Morgan fingerprint density at radius 2 is 1.77 bits per heavy atom. The molecule has 4 aromatic rings. The Hall–Kier alpha value is -3.78. The molecule has 8 heteroatoms. The van der Waals surface area contributed by atoms with Crippen molar-refractivity contribution in [2.45, 2.75) is 13.5 Å². The molecule has 0 saturated heterocycles. The highest BCUT2D eigenvalue weighted by atomic mass is 32.1. The topological polar surface area (TPSA) is 76.0 Å². The summed E-state index contributed by atoms with van der Waals surface area (Å²) >= 11 is 1.38. The molecule has 0 unspecified atom stereocenters. The summed E-state index contributed by atoms with van der Waals surface area (Å²) in [6.45, 7) is 2.18. The van der Waals surface area contributed by atoms with E-state index < -0.39 is 0 Å². The summed E-state index contributed by atoms with van der Waals surface area (Å²) in [7, 11) is 0. The van der Waals surface area contributed by atoms with E-state index in [4.69, 9.17) is 0 Å². The Balaban J connectivity index is 1.42.